The molecule has 0 heterocycles. The first-order chi connectivity index (χ1) is 19.5. The van der Waals surface area contributed by atoms with E-state index in [0.29, 0.717) is 6.54 Å². The quantitative estimate of drug-likeness (QED) is 0.256. The van der Waals surface area contributed by atoms with Gasteiger partial charge in [-0.2, -0.15) is 12.7 Å². The molecular weight excluding hydrogens is 611 g/mol. The monoisotopic (exact) mass is 646 g/mol. The summed E-state index contributed by atoms with van der Waals surface area (Å²) in [7, 11) is -1.43. The third-order valence-corrected chi connectivity index (χ3v) is 8.79. The van der Waals surface area contributed by atoms with Crippen molar-refractivity contribution in [1.29, 1.82) is 0 Å². The van der Waals surface area contributed by atoms with Gasteiger partial charge in [-0.05, 0) is 53.9 Å². The fourth-order valence-electron chi connectivity index (χ4n) is 4.22. The zero-order chi connectivity index (χ0) is 30.0. The van der Waals surface area contributed by atoms with Crippen molar-refractivity contribution >= 4 is 43.6 Å². The first-order valence-corrected chi connectivity index (χ1v) is 15.5. The zero-order valence-corrected chi connectivity index (χ0v) is 25.9. The summed E-state index contributed by atoms with van der Waals surface area (Å²) < 4.78 is 43.1. The number of anilines is 1. The van der Waals surface area contributed by atoms with Crippen molar-refractivity contribution in [2.45, 2.75) is 38.8 Å². The molecule has 0 saturated carbocycles. The summed E-state index contributed by atoms with van der Waals surface area (Å²) in [6.07, 6.45) is 1.90. The smallest absolute Gasteiger partial charge is 0.304 e. The van der Waals surface area contributed by atoms with E-state index >= 15 is 0 Å². The van der Waals surface area contributed by atoms with Crippen LogP contribution >= 0.6 is 15.9 Å². The van der Waals surface area contributed by atoms with Crippen LogP contribution in [0.3, 0.4) is 0 Å². The third-order valence-electron chi connectivity index (χ3n) is 6.48. The van der Waals surface area contributed by atoms with Crippen LogP contribution in [0, 0.1) is 5.82 Å². The van der Waals surface area contributed by atoms with Crippen LogP contribution in [0.15, 0.2) is 83.3 Å². The van der Waals surface area contributed by atoms with Gasteiger partial charge in [0.25, 0.3) is 0 Å². The molecule has 0 saturated heterocycles. The molecule has 3 aromatic rings. The maximum atomic E-state index is 14.2. The lowest BCUT2D eigenvalue weighted by Crippen LogP contribution is -2.54. The molecule has 2 amide bonds. The number of nitrogens with one attached hydrogen (secondary N) is 1. The van der Waals surface area contributed by atoms with Gasteiger partial charge in [0.05, 0.1) is 5.69 Å². The van der Waals surface area contributed by atoms with Gasteiger partial charge in [0.15, 0.2) is 0 Å². The molecule has 11 heteroatoms. The second-order valence-electron chi connectivity index (χ2n) is 9.77. The lowest BCUT2D eigenvalue weighted by molar-refractivity contribution is -0.140. The van der Waals surface area contributed by atoms with Crippen LogP contribution in [0.2, 0.25) is 0 Å². The van der Waals surface area contributed by atoms with Crippen molar-refractivity contribution in [3.8, 4) is 0 Å². The molecule has 1 N–H and O–H groups in total. The summed E-state index contributed by atoms with van der Waals surface area (Å²) in [6.45, 7) is 1.95. The molecule has 0 aliphatic heterocycles. The number of hydrogen-bond donors (Lipinski definition) is 1. The summed E-state index contributed by atoms with van der Waals surface area (Å²) in [6, 6.07) is 20.7. The Morgan fingerprint density at radius 1 is 0.951 bits per heavy atom. The van der Waals surface area contributed by atoms with Crippen molar-refractivity contribution in [3.63, 3.8) is 0 Å². The number of nitrogens with zero attached hydrogens (tertiary/aromatic N) is 3. The molecule has 0 aromatic heterocycles. The van der Waals surface area contributed by atoms with E-state index in [1.165, 1.54) is 31.1 Å². The molecule has 220 valence electrons. The van der Waals surface area contributed by atoms with Gasteiger partial charge in [0.1, 0.15) is 18.4 Å². The summed E-state index contributed by atoms with van der Waals surface area (Å²) >= 11 is 3.46. The first kappa shape index (κ1) is 32.2. The number of halogens is 2. The molecule has 0 bridgehead atoms. The second kappa shape index (κ2) is 15.1. The van der Waals surface area contributed by atoms with E-state index in [1.54, 1.807) is 0 Å². The van der Waals surface area contributed by atoms with Crippen LogP contribution in [0.25, 0.3) is 0 Å². The van der Waals surface area contributed by atoms with E-state index in [4.69, 9.17) is 0 Å². The highest BCUT2D eigenvalue weighted by Gasteiger charge is 2.34. The molecule has 0 fully saturated rings. The molecule has 3 rings (SSSR count). The lowest BCUT2D eigenvalue weighted by Gasteiger charge is -2.34. The highest BCUT2D eigenvalue weighted by Crippen LogP contribution is 2.23. The normalized spacial score (nSPS) is 12.1. The number of hydrogen-bond acceptors (Lipinski definition) is 4. The topological polar surface area (TPSA) is 90.0 Å². The molecule has 8 nitrogen and oxygen atoms in total. The number of unbranched alkanes of at least 4 members (excludes halogenated alkanes) is 1. The van der Waals surface area contributed by atoms with Crippen LogP contribution < -0.4 is 9.62 Å². The Bertz CT molecular complexity index is 1410. The van der Waals surface area contributed by atoms with Crippen LogP contribution in [0.4, 0.5) is 10.1 Å². The van der Waals surface area contributed by atoms with Crippen LogP contribution in [-0.2, 0) is 32.8 Å². The number of amides is 2. The van der Waals surface area contributed by atoms with Crippen LogP contribution in [0.5, 0.6) is 0 Å². The Hall–Kier alpha value is -3.28. The largest absolute Gasteiger partial charge is 0.354 e. The van der Waals surface area contributed by atoms with Crippen molar-refractivity contribution in [1.82, 2.24) is 14.5 Å². The van der Waals surface area contributed by atoms with E-state index in [1.807, 2.05) is 61.5 Å². The summed E-state index contributed by atoms with van der Waals surface area (Å²) in [5, 5.41) is 2.95. The van der Waals surface area contributed by atoms with Gasteiger partial charge in [-0.3, -0.25) is 9.59 Å². The van der Waals surface area contributed by atoms with E-state index in [9.17, 15) is 22.4 Å². The van der Waals surface area contributed by atoms with Crippen LogP contribution in [0.1, 0.15) is 30.9 Å². The Morgan fingerprint density at radius 3 is 2.22 bits per heavy atom. The fraction of sp³-hybridized carbons (Fsp3) is 0.333. The molecule has 1 atom stereocenters. The van der Waals surface area contributed by atoms with Crippen molar-refractivity contribution in [3.05, 3.63) is 100 Å². The Labute approximate surface area is 250 Å². The van der Waals surface area contributed by atoms with Crippen molar-refractivity contribution in [2.75, 3.05) is 31.5 Å². The van der Waals surface area contributed by atoms with Gasteiger partial charge < -0.3 is 10.2 Å². The first-order valence-electron chi connectivity index (χ1n) is 13.3. The minimum atomic E-state index is -4.15. The summed E-state index contributed by atoms with van der Waals surface area (Å²) in [5.41, 5.74) is 1.74. The van der Waals surface area contributed by atoms with Crippen molar-refractivity contribution < 1.29 is 22.4 Å². The molecule has 3 aromatic carbocycles. The third kappa shape index (κ3) is 9.11. The molecule has 41 heavy (non-hydrogen) atoms. The Kier molecular flexibility index (Phi) is 11.9. The molecule has 0 unspecified atom stereocenters. The SMILES string of the molecule is CCCCNC(=O)[C@H](Cc1ccccc1)N(Cc1cccc(Br)c1)C(=O)CN(c1ccc(F)cc1)S(=O)(=O)N(C)C. The van der Waals surface area contributed by atoms with Gasteiger partial charge >= 0.3 is 10.2 Å². The number of carbonyl (C=O) groups excluding carboxylic acids is 2. The highest BCUT2D eigenvalue weighted by atomic mass is 79.9. The number of carbonyl (C=O) groups is 2. The van der Waals surface area contributed by atoms with Crippen molar-refractivity contribution in [2.24, 2.45) is 0 Å². The summed E-state index contributed by atoms with van der Waals surface area (Å²) in [5.74, 6) is -1.44. The van der Waals surface area contributed by atoms with Gasteiger partial charge in [0, 0.05) is 38.1 Å². The summed E-state index contributed by atoms with van der Waals surface area (Å²) in [4.78, 5) is 29.2. The number of benzene rings is 3. The van der Waals surface area contributed by atoms with Gasteiger partial charge in [0.2, 0.25) is 11.8 Å². The van der Waals surface area contributed by atoms with E-state index < -0.39 is 34.5 Å². The molecule has 0 aliphatic rings. The standard InChI is InChI=1S/C30H36BrFN4O4S/c1-4-5-18-33-30(38)28(20-23-10-7-6-8-11-23)35(21-24-12-9-13-25(31)19-24)29(37)22-36(41(39,40)34(2)3)27-16-14-26(32)15-17-27/h6-17,19,28H,4-5,18,20-22H2,1-3H3,(H,33,38)/t28-/m0/s1. The van der Waals surface area contributed by atoms with Gasteiger partial charge in [-0.25, -0.2) is 8.70 Å². The number of rotatable bonds is 14. The lowest BCUT2D eigenvalue weighted by atomic mass is 10.0. The average molecular weight is 648 g/mol. The average Bonchev–Trinajstić information content (AvgIpc) is 2.94. The molecule has 0 aliphatic carbocycles. The van der Waals surface area contributed by atoms with Gasteiger partial charge in [-0.1, -0.05) is 71.7 Å². The highest BCUT2D eigenvalue weighted by molar-refractivity contribution is 9.10. The Balaban J connectivity index is 2.07. The second-order valence-corrected chi connectivity index (χ2v) is 12.8. The predicted octanol–water partition coefficient (Wildman–Crippen LogP) is 4.76. The van der Waals surface area contributed by atoms with E-state index in [0.717, 1.165) is 49.2 Å². The zero-order valence-electron chi connectivity index (χ0n) is 23.5. The minimum Gasteiger partial charge on any atom is -0.354 e. The molecule has 0 radical (unpaired) electrons. The Morgan fingerprint density at radius 2 is 1.61 bits per heavy atom. The van der Waals surface area contributed by atoms with E-state index in [-0.39, 0.29) is 24.6 Å². The maximum absolute atomic E-state index is 14.2. The fourth-order valence-corrected chi connectivity index (χ4v) is 5.72. The molecular formula is C30H36BrFN4O4S. The maximum Gasteiger partial charge on any atom is 0.304 e. The van der Waals surface area contributed by atoms with Gasteiger partial charge in [-0.15, -0.1) is 0 Å². The predicted molar refractivity (Wildman–Crippen MR) is 163 cm³/mol. The van der Waals surface area contributed by atoms with Crippen LogP contribution in [-0.4, -0.2) is 62.7 Å². The van der Waals surface area contributed by atoms with E-state index in [2.05, 4.69) is 21.2 Å². The minimum absolute atomic E-state index is 0.0657. The molecule has 0 spiro atoms.